The van der Waals surface area contributed by atoms with Crippen LogP contribution in [0.1, 0.15) is 19.4 Å². The van der Waals surface area contributed by atoms with Crippen molar-refractivity contribution < 1.29 is 22.0 Å². The van der Waals surface area contributed by atoms with E-state index >= 15 is 0 Å². The Morgan fingerprint density at radius 3 is 1.50 bits per heavy atom. The predicted octanol–water partition coefficient (Wildman–Crippen LogP) is 4.05. The first-order valence-electron chi connectivity index (χ1n) is 4.55. The van der Waals surface area contributed by atoms with Crippen molar-refractivity contribution in [3.05, 3.63) is 40.7 Å². The normalized spacial score (nSPS) is 11.8. The molecule has 1 aromatic carbocycles. The highest BCUT2D eigenvalue weighted by atomic mass is 19.2. The zero-order valence-corrected chi connectivity index (χ0v) is 8.62. The molecule has 5 heteroatoms. The third-order valence-electron chi connectivity index (χ3n) is 1.89. The van der Waals surface area contributed by atoms with Crippen molar-refractivity contribution in [3.8, 4) is 0 Å². The van der Waals surface area contributed by atoms with Crippen molar-refractivity contribution in [2.45, 2.75) is 13.8 Å². The molecule has 0 atom stereocenters. The van der Waals surface area contributed by atoms with E-state index in [0.29, 0.717) is 0 Å². The topological polar surface area (TPSA) is 0 Å². The van der Waals surface area contributed by atoms with E-state index in [2.05, 4.69) is 0 Å². The van der Waals surface area contributed by atoms with Crippen LogP contribution in [0.5, 0.6) is 0 Å². The van der Waals surface area contributed by atoms with E-state index in [4.69, 9.17) is 0 Å². The lowest BCUT2D eigenvalue weighted by molar-refractivity contribution is 0.377. The van der Waals surface area contributed by atoms with Gasteiger partial charge in [0.1, 0.15) is 0 Å². The number of rotatable bonds is 2. The fraction of sp³-hybridized carbons (Fsp3) is 0.273. The molecule has 1 aromatic rings. The summed E-state index contributed by atoms with van der Waals surface area (Å²) in [5.74, 6) is -9.68. The molecule has 0 heterocycles. The molecular formula is C11H9F5. The Hall–Kier alpha value is -1.39. The molecule has 0 fully saturated rings. The molecule has 0 saturated carbocycles. The summed E-state index contributed by atoms with van der Waals surface area (Å²) in [6.45, 7) is 3.42. The van der Waals surface area contributed by atoms with Crippen LogP contribution in [-0.2, 0) is 0 Å². The minimum Gasteiger partial charge on any atom is -0.203 e. The van der Waals surface area contributed by atoms with Gasteiger partial charge in [0.05, 0.1) is 5.56 Å². The molecule has 0 bridgehead atoms. The number of benzene rings is 1. The standard InChI is InChI=1S/C11H9F5/c1-5(2)3-4-6-7(12)9(14)11(16)10(15)8(6)13/h3-5H,1-2H3/b4-3+. The molecule has 0 unspecified atom stereocenters. The minimum absolute atomic E-state index is 0.0602. The summed E-state index contributed by atoms with van der Waals surface area (Å²) in [6, 6.07) is 0. The van der Waals surface area contributed by atoms with Gasteiger partial charge in [0, 0.05) is 0 Å². The van der Waals surface area contributed by atoms with Crippen LogP contribution in [0.4, 0.5) is 22.0 Å². The second-order valence-electron chi connectivity index (χ2n) is 3.59. The predicted molar refractivity (Wildman–Crippen MR) is 50.1 cm³/mol. The molecule has 0 spiro atoms. The highest BCUT2D eigenvalue weighted by molar-refractivity contribution is 5.51. The van der Waals surface area contributed by atoms with Crippen molar-refractivity contribution in [2.75, 3.05) is 0 Å². The summed E-state index contributed by atoms with van der Waals surface area (Å²) in [7, 11) is 0. The van der Waals surface area contributed by atoms with Crippen LogP contribution in [0.15, 0.2) is 6.08 Å². The van der Waals surface area contributed by atoms with Gasteiger partial charge in [-0.25, -0.2) is 22.0 Å². The summed E-state index contributed by atoms with van der Waals surface area (Å²) in [5.41, 5.74) is -0.912. The maximum atomic E-state index is 13.1. The Balaban J connectivity index is 3.40. The first-order valence-corrected chi connectivity index (χ1v) is 4.55. The summed E-state index contributed by atoms with van der Waals surface area (Å²) in [5, 5.41) is 0. The molecule has 0 saturated heterocycles. The third-order valence-corrected chi connectivity index (χ3v) is 1.89. The van der Waals surface area contributed by atoms with E-state index in [1.807, 2.05) is 0 Å². The van der Waals surface area contributed by atoms with Gasteiger partial charge in [-0.3, -0.25) is 0 Å². The highest BCUT2D eigenvalue weighted by Gasteiger charge is 2.23. The molecule has 0 aliphatic rings. The summed E-state index contributed by atoms with van der Waals surface area (Å²) in [4.78, 5) is 0. The Morgan fingerprint density at radius 1 is 0.750 bits per heavy atom. The smallest absolute Gasteiger partial charge is 0.200 e. The van der Waals surface area contributed by atoms with E-state index in [9.17, 15) is 22.0 Å². The van der Waals surface area contributed by atoms with Crippen molar-refractivity contribution in [3.63, 3.8) is 0 Å². The molecule has 0 nitrogen and oxygen atoms in total. The Labute approximate surface area is 89.4 Å². The van der Waals surface area contributed by atoms with Gasteiger partial charge in [-0.05, 0) is 5.92 Å². The largest absolute Gasteiger partial charge is 0.203 e. The molecule has 0 radical (unpaired) electrons. The first-order chi connectivity index (χ1) is 7.36. The zero-order chi connectivity index (χ0) is 12.5. The SMILES string of the molecule is CC(C)/C=C/c1c(F)c(F)c(F)c(F)c1F. The Morgan fingerprint density at radius 2 is 1.12 bits per heavy atom. The Kier molecular flexibility index (Phi) is 3.67. The molecule has 88 valence electrons. The number of hydrogen-bond donors (Lipinski definition) is 0. The van der Waals surface area contributed by atoms with E-state index in [0.717, 1.165) is 6.08 Å². The van der Waals surface area contributed by atoms with Crippen LogP contribution in [0.2, 0.25) is 0 Å². The molecule has 16 heavy (non-hydrogen) atoms. The van der Waals surface area contributed by atoms with E-state index in [-0.39, 0.29) is 5.92 Å². The van der Waals surface area contributed by atoms with Crippen LogP contribution in [0.3, 0.4) is 0 Å². The third kappa shape index (κ3) is 2.23. The lowest BCUT2D eigenvalue weighted by Gasteiger charge is -2.04. The van der Waals surface area contributed by atoms with E-state index in [1.54, 1.807) is 13.8 Å². The van der Waals surface area contributed by atoms with Crippen LogP contribution >= 0.6 is 0 Å². The zero-order valence-electron chi connectivity index (χ0n) is 8.62. The van der Waals surface area contributed by atoms with Crippen LogP contribution in [0, 0.1) is 35.0 Å². The Bertz CT molecular complexity index is 405. The average molecular weight is 236 g/mol. The number of halogens is 5. The maximum Gasteiger partial charge on any atom is 0.200 e. The van der Waals surface area contributed by atoms with Gasteiger partial charge in [0.15, 0.2) is 23.3 Å². The summed E-state index contributed by atoms with van der Waals surface area (Å²) in [6.07, 6.45) is 2.24. The van der Waals surface area contributed by atoms with Crippen LogP contribution in [-0.4, -0.2) is 0 Å². The van der Waals surface area contributed by atoms with Crippen molar-refractivity contribution in [1.82, 2.24) is 0 Å². The maximum absolute atomic E-state index is 13.1. The number of allylic oxidation sites excluding steroid dienone is 1. The number of hydrogen-bond acceptors (Lipinski definition) is 0. The second-order valence-corrected chi connectivity index (χ2v) is 3.59. The van der Waals surface area contributed by atoms with Gasteiger partial charge in [-0.2, -0.15) is 0 Å². The second kappa shape index (κ2) is 4.63. The molecule has 0 N–H and O–H groups in total. The van der Waals surface area contributed by atoms with Gasteiger partial charge in [0.25, 0.3) is 0 Å². The van der Waals surface area contributed by atoms with E-state index < -0.39 is 34.6 Å². The highest BCUT2D eigenvalue weighted by Crippen LogP contribution is 2.24. The fourth-order valence-electron chi connectivity index (χ4n) is 1.06. The quantitative estimate of drug-likeness (QED) is 0.413. The van der Waals surface area contributed by atoms with Crippen molar-refractivity contribution in [2.24, 2.45) is 5.92 Å². The van der Waals surface area contributed by atoms with Crippen LogP contribution in [0.25, 0.3) is 6.08 Å². The van der Waals surface area contributed by atoms with E-state index in [1.165, 1.54) is 6.08 Å². The molecule has 0 aromatic heterocycles. The molecule has 0 aliphatic heterocycles. The molecule has 0 amide bonds. The first kappa shape index (κ1) is 12.7. The van der Waals surface area contributed by atoms with Gasteiger partial charge in [-0.1, -0.05) is 26.0 Å². The molecule has 1 rings (SSSR count). The lowest BCUT2D eigenvalue weighted by atomic mass is 10.1. The summed E-state index contributed by atoms with van der Waals surface area (Å²) < 4.78 is 64.3. The minimum atomic E-state index is -2.14. The average Bonchev–Trinajstić information content (AvgIpc) is 2.23. The van der Waals surface area contributed by atoms with Crippen molar-refractivity contribution >= 4 is 6.08 Å². The summed E-state index contributed by atoms with van der Waals surface area (Å²) >= 11 is 0. The fourth-order valence-corrected chi connectivity index (χ4v) is 1.06. The molecule has 0 aliphatic carbocycles. The monoisotopic (exact) mass is 236 g/mol. The van der Waals surface area contributed by atoms with Gasteiger partial charge in [-0.15, -0.1) is 0 Å². The van der Waals surface area contributed by atoms with Gasteiger partial charge >= 0.3 is 0 Å². The van der Waals surface area contributed by atoms with Gasteiger partial charge < -0.3 is 0 Å². The van der Waals surface area contributed by atoms with Crippen molar-refractivity contribution in [1.29, 1.82) is 0 Å². The van der Waals surface area contributed by atoms with Gasteiger partial charge in [0.2, 0.25) is 5.82 Å². The van der Waals surface area contributed by atoms with Crippen LogP contribution < -0.4 is 0 Å². The lowest BCUT2D eigenvalue weighted by Crippen LogP contribution is -2.04. The molecular weight excluding hydrogens is 227 g/mol.